The van der Waals surface area contributed by atoms with Gasteiger partial charge in [-0.15, -0.1) is 0 Å². The largest absolute Gasteiger partial charge is 0.401 e. The van der Waals surface area contributed by atoms with Crippen LogP contribution in [0.15, 0.2) is 79.8 Å². The van der Waals surface area contributed by atoms with Gasteiger partial charge in [0.25, 0.3) is 8.32 Å². The fourth-order valence-corrected chi connectivity index (χ4v) is 8.11. The summed E-state index contributed by atoms with van der Waals surface area (Å²) in [6.07, 6.45) is 3.80. The molecule has 0 saturated heterocycles. The molecule has 0 unspecified atom stereocenters. The minimum absolute atomic E-state index is 0.0351. The average molecular weight is 377 g/mol. The molecule has 0 saturated carbocycles. The highest BCUT2D eigenvalue weighted by molar-refractivity contribution is 6.99. The number of hydrogen-bond donors (Lipinski definition) is 0. The summed E-state index contributed by atoms with van der Waals surface area (Å²) in [5.74, 6) is 0. The second kappa shape index (κ2) is 7.67. The highest BCUT2D eigenvalue weighted by Gasteiger charge is 2.50. The fourth-order valence-electron chi connectivity index (χ4n) is 3.59. The van der Waals surface area contributed by atoms with E-state index in [0.29, 0.717) is 6.61 Å². The van der Waals surface area contributed by atoms with Gasteiger partial charge in [0, 0.05) is 11.9 Å². The van der Waals surface area contributed by atoms with Crippen molar-refractivity contribution in [1.82, 2.24) is 9.55 Å². The quantitative estimate of drug-likeness (QED) is 0.594. The molecule has 0 aliphatic rings. The van der Waals surface area contributed by atoms with E-state index < -0.39 is 8.32 Å². The van der Waals surface area contributed by atoms with Gasteiger partial charge in [-0.25, -0.2) is 4.98 Å². The molecule has 0 amide bonds. The van der Waals surface area contributed by atoms with Crippen molar-refractivity contribution < 1.29 is 4.43 Å². The third-order valence-corrected chi connectivity index (χ3v) is 9.91. The van der Waals surface area contributed by atoms with Crippen molar-refractivity contribution in [3.8, 4) is 0 Å². The third-order valence-electron chi connectivity index (χ3n) is 4.93. The van der Waals surface area contributed by atoms with Gasteiger partial charge in [0.2, 0.25) is 0 Å². The first-order valence-electron chi connectivity index (χ1n) is 9.28. The Bertz CT molecular complexity index is 855. The Labute approximate surface area is 163 Å². The van der Waals surface area contributed by atoms with Gasteiger partial charge in [-0.1, -0.05) is 88.0 Å². The van der Waals surface area contributed by atoms with Crippen LogP contribution in [0.1, 0.15) is 33.4 Å². The van der Waals surface area contributed by atoms with Crippen LogP contribution in [0.3, 0.4) is 0 Å². The maximum absolute atomic E-state index is 6.88. The van der Waals surface area contributed by atoms with Crippen LogP contribution in [0.25, 0.3) is 5.70 Å². The number of allylic oxidation sites excluding steroid dienone is 1. The molecule has 0 N–H and O–H groups in total. The molecule has 1 aromatic heterocycles. The average Bonchev–Trinajstić information content (AvgIpc) is 3.12. The first-order chi connectivity index (χ1) is 12.8. The maximum Gasteiger partial charge on any atom is 0.261 e. The van der Waals surface area contributed by atoms with Crippen molar-refractivity contribution in [3.63, 3.8) is 0 Å². The lowest BCUT2D eigenvalue weighted by atomic mass is 10.2. The predicted octanol–water partition coefficient (Wildman–Crippen LogP) is 4.45. The van der Waals surface area contributed by atoms with Gasteiger partial charge in [0.05, 0.1) is 18.6 Å². The van der Waals surface area contributed by atoms with E-state index in [4.69, 9.17) is 4.43 Å². The predicted molar refractivity (Wildman–Crippen MR) is 116 cm³/mol. The van der Waals surface area contributed by atoms with Crippen LogP contribution < -0.4 is 10.4 Å². The van der Waals surface area contributed by atoms with Crippen molar-refractivity contribution in [2.75, 3.05) is 0 Å². The van der Waals surface area contributed by atoms with E-state index in [9.17, 15) is 0 Å². The molecule has 0 spiro atoms. The SMILES string of the molecule is C=C(C)n1cnc(CO[Si](c2ccccc2)(c2ccccc2)C(C)(C)C)c1. The molecule has 3 rings (SSSR count). The number of imidazole rings is 1. The Kier molecular flexibility index (Phi) is 5.49. The lowest BCUT2D eigenvalue weighted by molar-refractivity contribution is 0.282. The summed E-state index contributed by atoms with van der Waals surface area (Å²) >= 11 is 0. The van der Waals surface area contributed by atoms with E-state index in [2.05, 4.69) is 93.0 Å². The van der Waals surface area contributed by atoms with Crippen LogP contribution >= 0.6 is 0 Å². The smallest absolute Gasteiger partial charge is 0.261 e. The third kappa shape index (κ3) is 3.82. The van der Waals surface area contributed by atoms with Gasteiger partial charge < -0.3 is 8.99 Å². The van der Waals surface area contributed by atoms with Gasteiger partial charge in [0.1, 0.15) is 0 Å². The monoisotopic (exact) mass is 376 g/mol. The van der Waals surface area contributed by atoms with Crippen molar-refractivity contribution in [1.29, 1.82) is 0 Å². The topological polar surface area (TPSA) is 27.1 Å². The Morgan fingerprint density at radius 1 is 1.00 bits per heavy atom. The van der Waals surface area contributed by atoms with Crippen molar-refractivity contribution in [3.05, 3.63) is 85.5 Å². The maximum atomic E-state index is 6.88. The molecule has 0 fully saturated rings. The second-order valence-electron chi connectivity index (χ2n) is 7.96. The molecule has 2 aromatic carbocycles. The van der Waals surface area contributed by atoms with E-state index in [0.717, 1.165) is 11.4 Å². The molecule has 3 aromatic rings. The van der Waals surface area contributed by atoms with E-state index >= 15 is 0 Å². The van der Waals surface area contributed by atoms with Gasteiger partial charge >= 0.3 is 0 Å². The highest BCUT2D eigenvalue weighted by Crippen LogP contribution is 2.37. The molecule has 0 aliphatic heterocycles. The lowest BCUT2D eigenvalue weighted by Gasteiger charge is -2.42. The van der Waals surface area contributed by atoms with Crippen LogP contribution in [0, 0.1) is 0 Å². The van der Waals surface area contributed by atoms with Gasteiger partial charge in [0.15, 0.2) is 0 Å². The number of aromatic nitrogens is 2. The summed E-state index contributed by atoms with van der Waals surface area (Å²) < 4.78 is 8.81. The van der Waals surface area contributed by atoms with E-state index in [1.807, 2.05) is 17.7 Å². The van der Waals surface area contributed by atoms with Gasteiger partial charge in [-0.3, -0.25) is 0 Å². The van der Waals surface area contributed by atoms with Crippen molar-refractivity contribution >= 4 is 24.4 Å². The van der Waals surface area contributed by atoms with Crippen molar-refractivity contribution in [2.45, 2.75) is 39.3 Å². The summed E-state index contributed by atoms with van der Waals surface area (Å²) in [6, 6.07) is 21.4. The molecular weight excluding hydrogens is 348 g/mol. The molecule has 3 nitrogen and oxygen atoms in total. The standard InChI is InChI=1S/C23H28N2OSi/c1-19(2)25-16-20(24-18-25)17-26-27(23(3,4)5,21-12-8-6-9-13-21)22-14-10-7-11-15-22/h6-16,18H,1,17H2,2-5H3. The van der Waals surface area contributed by atoms with E-state index in [1.54, 1.807) is 6.33 Å². The van der Waals surface area contributed by atoms with Crippen LogP contribution in [0.5, 0.6) is 0 Å². The van der Waals surface area contributed by atoms with E-state index in [1.165, 1.54) is 10.4 Å². The summed E-state index contributed by atoms with van der Waals surface area (Å²) in [4.78, 5) is 4.51. The summed E-state index contributed by atoms with van der Waals surface area (Å²) in [5, 5.41) is 2.53. The molecule has 0 bridgehead atoms. The zero-order chi connectivity index (χ0) is 19.5. The minimum Gasteiger partial charge on any atom is -0.401 e. The fraction of sp³-hybridized carbons (Fsp3) is 0.261. The lowest BCUT2D eigenvalue weighted by Crippen LogP contribution is -2.66. The molecular formula is C23H28N2OSi. The minimum atomic E-state index is -2.52. The molecule has 27 heavy (non-hydrogen) atoms. The Morgan fingerprint density at radius 2 is 1.52 bits per heavy atom. The molecule has 0 atom stereocenters. The number of nitrogens with zero attached hydrogens (tertiary/aromatic N) is 2. The first-order valence-corrected chi connectivity index (χ1v) is 11.2. The Balaban J connectivity index is 2.07. The van der Waals surface area contributed by atoms with E-state index in [-0.39, 0.29) is 5.04 Å². The number of rotatable bonds is 6. The summed E-state index contributed by atoms with van der Waals surface area (Å²) in [5.41, 5.74) is 1.87. The van der Waals surface area contributed by atoms with Crippen LogP contribution in [0.2, 0.25) is 5.04 Å². The normalized spacial score (nSPS) is 12.1. The van der Waals surface area contributed by atoms with Gasteiger partial charge in [-0.05, 0) is 22.3 Å². The molecule has 0 radical (unpaired) electrons. The van der Waals surface area contributed by atoms with Crippen molar-refractivity contribution in [2.24, 2.45) is 0 Å². The first kappa shape index (κ1) is 19.3. The van der Waals surface area contributed by atoms with Crippen LogP contribution in [0.4, 0.5) is 0 Å². The molecule has 1 heterocycles. The summed E-state index contributed by atoms with van der Waals surface area (Å²) in [6.45, 7) is 13.3. The Morgan fingerprint density at radius 3 is 1.93 bits per heavy atom. The number of benzene rings is 2. The van der Waals surface area contributed by atoms with Crippen LogP contribution in [-0.2, 0) is 11.0 Å². The summed E-state index contributed by atoms with van der Waals surface area (Å²) in [7, 11) is -2.52. The molecule has 140 valence electrons. The second-order valence-corrected chi connectivity index (χ2v) is 12.3. The molecule has 4 heteroatoms. The molecule has 0 aliphatic carbocycles. The highest BCUT2D eigenvalue weighted by atomic mass is 28.4. The Hall–Kier alpha value is -2.43. The van der Waals surface area contributed by atoms with Crippen LogP contribution in [-0.4, -0.2) is 17.9 Å². The zero-order valence-electron chi connectivity index (χ0n) is 16.6. The zero-order valence-corrected chi connectivity index (χ0v) is 17.6. The number of hydrogen-bond acceptors (Lipinski definition) is 2. The van der Waals surface area contributed by atoms with Gasteiger partial charge in [-0.2, -0.15) is 0 Å².